The van der Waals surface area contributed by atoms with Crippen molar-refractivity contribution in [2.24, 2.45) is 0 Å². The van der Waals surface area contributed by atoms with Gasteiger partial charge in [-0.1, -0.05) is 63.8 Å². The van der Waals surface area contributed by atoms with E-state index in [2.05, 4.69) is 38.2 Å². The molecule has 0 amide bonds. The second kappa shape index (κ2) is 12.5. The van der Waals surface area contributed by atoms with Crippen LogP contribution in [0.5, 0.6) is 0 Å². The first-order valence-electron chi connectivity index (χ1n) is 6.23. The third-order valence-corrected chi connectivity index (χ3v) is 2.33. The SMILES string of the molecule is CCCCCC=CC=CCCCCC. The standard InChI is InChI=1S/C14H26/c1-3-5-7-9-11-13-14-12-10-8-6-4-2/h11-14H,3-10H2,1-2H3. The maximum Gasteiger partial charge on any atom is -0.0348 e. The van der Waals surface area contributed by atoms with E-state index in [0.29, 0.717) is 0 Å². The van der Waals surface area contributed by atoms with Gasteiger partial charge in [-0.05, 0) is 25.7 Å². The molecule has 0 aromatic heterocycles. The fourth-order valence-corrected chi connectivity index (χ4v) is 1.37. The second-order valence-electron chi connectivity index (χ2n) is 3.85. The van der Waals surface area contributed by atoms with Crippen molar-refractivity contribution < 1.29 is 0 Å². The van der Waals surface area contributed by atoms with Crippen molar-refractivity contribution in [1.82, 2.24) is 0 Å². The van der Waals surface area contributed by atoms with Crippen molar-refractivity contribution in [2.45, 2.75) is 65.2 Å². The van der Waals surface area contributed by atoms with Crippen molar-refractivity contribution in [3.8, 4) is 0 Å². The van der Waals surface area contributed by atoms with Gasteiger partial charge in [0.15, 0.2) is 0 Å². The Kier molecular flexibility index (Phi) is 12.0. The lowest BCUT2D eigenvalue weighted by atomic mass is 10.2. The molecule has 0 heterocycles. The van der Waals surface area contributed by atoms with Crippen LogP contribution in [0.3, 0.4) is 0 Å². The van der Waals surface area contributed by atoms with Gasteiger partial charge in [0.1, 0.15) is 0 Å². The number of allylic oxidation sites excluding steroid dienone is 4. The zero-order valence-corrected chi connectivity index (χ0v) is 9.97. The van der Waals surface area contributed by atoms with Gasteiger partial charge in [-0.25, -0.2) is 0 Å². The summed E-state index contributed by atoms with van der Waals surface area (Å²) in [6, 6.07) is 0. The molecule has 0 heteroatoms. The van der Waals surface area contributed by atoms with Crippen LogP contribution in [0.15, 0.2) is 24.3 Å². The first-order valence-corrected chi connectivity index (χ1v) is 6.23. The molecule has 0 rings (SSSR count). The molecule has 0 N–H and O–H groups in total. The predicted molar refractivity (Wildman–Crippen MR) is 66.6 cm³/mol. The van der Waals surface area contributed by atoms with Crippen LogP contribution in [0.4, 0.5) is 0 Å². The molecule has 0 aromatic carbocycles. The van der Waals surface area contributed by atoms with Gasteiger partial charge in [-0.3, -0.25) is 0 Å². The summed E-state index contributed by atoms with van der Waals surface area (Å²) < 4.78 is 0. The van der Waals surface area contributed by atoms with Gasteiger partial charge in [0.05, 0.1) is 0 Å². The Morgan fingerprint density at radius 1 is 0.643 bits per heavy atom. The molecular formula is C14H26. The van der Waals surface area contributed by atoms with Crippen molar-refractivity contribution in [3.05, 3.63) is 24.3 Å². The third-order valence-electron chi connectivity index (χ3n) is 2.33. The molecule has 0 aliphatic rings. The van der Waals surface area contributed by atoms with E-state index in [1.807, 2.05) is 0 Å². The van der Waals surface area contributed by atoms with Crippen LogP contribution in [0.2, 0.25) is 0 Å². The van der Waals surface area contributed by atoms with Crippen LogP contribution in [0.1, 0.15) is 65.2 Å². The van der Waals surface area contributed by atoms with E-state index in [-0.39, 0.29) is 0 Å². The van der Waals surface area contributed by atoms with E-state index < -0.39 is 0 Å². The normalized spacial score (nSPS) is 11.9. The molecule has 0 nitrogen and oxygen atoms in total. The highest BCUT2D eigenvalue weighted by Crippen LogP contribution is 2.01. The number of unbranched alkanes of at least 4 members (excludes halogenated alkanes) is 6. The summed E-state index contributed by atoms with van der Waals surface area (Å²) >= 11 is 0. The zero-order chi connectivity index (χ0) is 10.5. The molecular weight excluding hydrogens is 168 g/mol. The van der Waals surface area contributed by atoms with Crippen LogP contribution in [0, 0.1) is 0 Å². The van der Waals surface area contributed by atoms with Crippen LogP contribution in [-0.2, 0) is 0 Å². The number of hydrogen-bond acceptors (Lipinski definition) is 0. The van der Waals surface area contributed by atoms with Gasteiger partial charge >= 0.3 is 0 Å². The summed E-state index contributed by atoms with van der Waals surface area (Å²) in [5, 5.41) is 0. The maximum absolute atomic E-state index is 2.28. The van der Waals surface area contributed by atoms with E-state index >= 15 is 0 Å². The molecule has 0 atom stereocenters. The number of rotatable bonds is 9. The van der Waals surface area contributed by atoms with E-state index in [1.165, 1.54) is 51.4 Å². The van der Waals surface area contributed by atoms with Crippen molar-refractivity contribution in [2.75, 3.05) is 0 Å². The second-order valence-corrected chi connectivity index (χ2v) is 3.85. The highest BCUT2D eigenvalue weighted by Gasteiger charge is 1.81. The molecule has 0 spiro atoms. The van der Waals surface area contributed by atoms with E-state index in [1.54, 1.807) is 0 Å². The monoisotopic (exact) mass is 194 g/mol. The molecule has 82 valence electrons. The summed E-state index contributed by atoms with van der Waals surface area (Å²) in [5.41, 5.74) is 0. The summed E-state index contributed by atoms with van der Waals surface area (Å²) in [6.45, 7) is 4.49. The average molecular weight is 194 g/mol. The van der Waals surface area contributed by atoms with Crippen molar-refractivity contribution >= 4 is 0 Å². The molecule has 0 aromatic rings. The van der Waals surface area contributed by atoms with Crippen molar-refractivity contribution in [1.29, 1.82) is 0 Å². The van der Waals surface area contributed by atoms with Gasteiger partial charge in [-0.2, -0.15) is 0 Å². The summed E-state index contributed by atoms with van der Waals surface area (Å²) in [5.74, 6) is 0. The quantitative estimate of drug-likeness (QED) is 0.347. The predicted octanol–water partition coefficient (Wildman–Crippen LogP) is 5.26. The Morgan fingerprint density at radius 2 is 1.07 bits per heavy atom. The van der Waals surface area contributed by atoms with Crippen LogP contribution >= 0.6 is 0 Å². The smallest absolute Gasteiger partial charge is 0.0348 e. The molecule has 0 saturated heterocycles. The molecule has 0 aliphatic heterocycles. The first-order chi connectivity index (χ1) is 6.91. The molecule has 0 bridgehead atoms. The number of hydrogen-bond donors (Lipinski definition) is 0. The maximum atomic E-state index is 2.28. The lowest BCUT2D eigenvalue weighted by molar-refractivity contribution is 0.727. The molecule has 0 aliphatic carbocycles. The summed E-state index contributed by atoms with van der Waals surface area (Å²) in [4.78, 5) is 0. The largest absolute Gasteiger partial charge is 0.0845 e. The van der Waals surface area contributed by atoms with Gasteiger partial charge in [-0.15, -0.1) is 0 Å². The fourth-order valence-electron chi connectivity index (χ4n) is 1.37. The molecule has 0 fully saturated rings. The van der Waals surface area contributed by atoms with Gasteiger partial charge in [0.2, 0.25) is 0 Å². The Morgan fingerprint density at radius 3 is 1.43 bits per heavy atom. The van der Waals surface area contributed by atoms with Gasteiger partial charge in [0, 0.05) is 0 Å². The van der Waals surface area contributed by atoms with Gasteiger partial charge in [0.25, 0.3) is 0 Å². The Hall–Kier alpha value is -0.520. The van der Waals surface area contributed by atoms with E-state index in [0.717, 1.165) is 0 Å². The Balaban J connectivity index is 3.15. The summed E-state index contributed by atoms with van der Waals surface area (Å²) in [7, 11) is 0. The molecule has 0 unspecified atom stereocenters. The molecule has 0 radical (unpaired) electrons. The average Bonchev–Trinajstić information content (AvgIpc) is 2.21. The van der Waals surface area contributed by atoms with Crippen LogP contribution in [0.25, 0.3) is 0 Å². The first kappa shape index (κ1) is 13.5. The fraction of sp³-hybridized carbons (Fsp3) is 0.714. The van der Waals surface area contributed by atoms with Gasteiger partial charge < -0.3 is 0 Å². The van der Waals surface area contributed by atoms with E-state index in [9.17, 15) is 0 Å². The zero-order valence-electron chi connectivity index (χ0n) is 9.97. The molecule has 0 saturated carbocycles. The minimum Gasteiger partial charge on any atom is -0.0845 e. The minimum atomic E-state index is 1.24. The highest BCUT2D eigenvalue weighted by molar-refractivity contribution is 5.02. The minimum absolute atomic E-state index is 1.24. The Bertz CT molecular complexity index is 124. The van der Waals surface area contributed by atoms with Crippen LogP contribution in [-0.4, -0.2) is 0 Å². The summed E-state index contributed by atoms with van der Waals surface area (Å²) in [6.07, 6.45) is 19.5. The highest BCUT2D eigenvalue weighted by atomic mass is 13.9. The topological polar surface area (TPSA) is 0 Å². The van der Waals surface area contributed by atoms with E-state index in [4.69, 9.17) is 0 Å². The lowest BCUT2D eigenvalue weighted by Gasteiger charge is -1.91. The third kappa shape index (κ3) is 11.5. The van der Waals surface area contributed by atoms with Crippen LogP contribution < -0.4 is 0 Å². The van der Waals surface area contributed by atoms with Crippen molar-refractivity contribution in [3.63, 3.8) is 0 Å². The lowest BCUT2D eigenvalue weighted by Crippen LogP contribution is -1.71. The molecule has 14 heavy (non-hydrogen) atoms. The Labute approximate surface area is 90.1 Å².